The fourth-order valence-corrected chi connectivity index (χ4v) is 3.77. The number of benzene rings is 1. The fourth-order valence-electron chi connectivity index (χ4n) is 2.43. The average Bonchev–Trinajstić information content (AvgIpc) is 2.93. The van der Waals surface area contributed by atoms with Gasteiger partial charge in [0.1, 0.15) is 5.82 Å². The molecule has 114 valence electrons. The molecule has 2 rings (SSSR count). The molecule has 0 saturated heterocycles. The first-order valence-electron chi connectivity index (χ1n) is 7.33. The Morgan fingerprint density at radius 2 is 2.10 bits per heavy atom. The number of thiophene rings is 1. The second-order valence-corrected chi connectivity index (χ2v) is 6.53. The van der Waals surface area contributed by atoms with Crippen molar-refractivity contribution in [3.05, 3.63) is 56.0 Å². The molecule has 1 aromatic carbocycles. The zero-order valence-corrected chi connectivity index (χ0v) is 14.2. The third-order valence-corrected chi connectivity index (χ3v) is 4.96. The summed E-state index contributed by atoms with van der Waals surface area (Å²) in [7, 11) is 0. The summed E-state index contributed by atoms with van der Waals surface area (Å²) in [6, 6.07) is 5.48. The van der Waals surface area contributed by atoms with Crippen LogP contribution in [0.4, 0.5) is 4.39 Å². The Balaban J connectivity index is 2.48. The quantitative estimate of drug-likeness (QED) is 0.739. The number of aryl methyl sites for hydroxylation is 2. The molecule has 0 aliphatic heterocycles. The fraction of sp³-hybridized carbons (Fsp3) is 0.412. The summed E-state index contributed by atoms with van der Waals surface area (Å²) in [5.41, 5.74) is 2.92. The second-order valence-electron chi connectivity index (χ2n) is 5.17. The normalized spacial score (nSPS) is 12.6. The highest BCUT2D eigenvalue weighted by molar-refractivity contribution is 7.10. The highest BCUT2D eigenvalue weighted by atomic mass is 35.5. The van der Waals surface area contributed by atoms with Crippen LogP contribution in [-0.2, 0) is 6.42 Å². The van der Waals surface area contributed by atoms with Crippen molar-refractivity contribution >= 4 is 22.9 Å². The Labute approximate surface area is 135 Å². The van der Waals surface area contributed by atoms with E-state index in [4.69, 9.17) is 11.6 Å². The number of halogens is 2. The first-order chi connectivity index (χ1) is 10.1. The second kappa shape index (κ2) is 7.39. The van der Waals surface area contributed by atoms with Gasteiger partial charge < -0.3 is 5.32 Å². The lowest BCUT2D eigenvalue weighted by atomic mass is 9.99. The third kappa shape index (κ3) is 3.65. The predicted octanol–water partition coefficient (Wildman–Crippen LogP) is 5.50. The van der Waals surface area contributed by atoms with Crippen LogP contribution < -0.4 is 5.32 Å². The van der Waals surface area contributed by atoms with Gasteiger partial charge in [0.15, 0.2) is 0 Å². The van der Waals surface area contributed by atoms with Gasteiger partial charge in [0.05, 0.1) is 6.04 Å². The van der Waals surface area contributed by atoms with Gasteiger partial charge in [-0.25, -0.2) is 4.39 Å². The Kier molecular flexibility index (Phi) is 5.80. The molecule has 1 unspecified atom stereocenters. The molecule has 21 heavy (non-hydrogen) atoms. The lowest BCUT2D eigenvalue weighted by molar-refractivity contribution is 0.593. The van der Waals surface area contributed by atoms with Crippen LogP contribution in [0.15, 0.2) is 23.6 Å². The van der Waals surface area contributed by atoms with Gasteiger partial charge in [-0.05, 0) is 66.6 Å². The van der Waals surface area contributed by atoms with E-state index in [2.05, 4.69) is 30.6 Å². The molecule has 0 amide bonds. The summed E-state index contributed by atoms with van der Waals surface area (Å²) in [5.74, 6) is -0.250. The molecular weight excluding hydrogens is 305 g/mol. The van der Waals surface area contributed by atoms with Crippen molar-refractivity contribution in [3.63, 3.8) is 0 Å². The molecule has 0 radical (unpaired) electrons. The van der Waals surface area contributed by atoms with E-state index in [1.807, 2.05) is 6.07 Å². The topological polar surface area (TPSA) is 12.0 Å². The number of nitrogens with one attached hydrogen (secondary N) is 1. The van der Waals surface area contributed by atoms with Crippen LogP contribution in [0.3, 0.4) is 0 Å². The molecule has 1 nitrogen and oxygen atoms in total. The van der Waals surface area contributed by atoms with Crippen molar-refractivity contribution < 1.29 is 4.39 Å². The van der Waals surface area contributed by atoms with E-state index >= 15 is 0 Å². The van der Waals surface area contributed by atoms with Crippen LogP contribution in [0.25, 0.3) is 0 Å². The van der Waals surface area contributed by atoms with Gasteiger partial charge in [0.2, 0.25) is 0 Å². The molecule has 2 aromatic rings. The molecule has 0 saturated carbocycles. The van der Waals surface area contributed by atoms with Crippen LogP contribution in [0, 0.1) is 12.7 Å². The number of hydrogen-bond donors (Lipinski definition) is 1. The molecule has 4 heteroatoms. The van der Waals surface area contributed by atoms with Crippen LogP contribution >= 0.6 is 22.9 Å². The van der Waals surface area contributed by atoms with Crippen LogP contribution in [-0.4, -0.2) is 6.54 Å². The van der Waals surface area contributed by atoms with Gasteiger partial charge in [-0.3, -0.25) is 0 Å². The Morgan fingerprint density at radius 3 is 2.76 bits per heavy atom. The zero-order chi connectivity index (χ0) is 15.4. The van der Waals surface area contributed by atoms with Gasteiger partial charge >= 0.3 is 0 Å². The molecule has 1 N–H and O–H groups in total. The minimum Gasteiger partial charge on any atom is -0.306 e. The van der Waals surface area contributed by atoms with Crippen molar-refractivity contribution in [2.45, 2.75) is 39.7 Å². The highest BCUT2D eigenvalue weighted by Crippen LogP contribution is 2.35. The summed E-state index contributed by atoms with van der Waals surface area (Å²) in [6.45, 7) is 6.97. The van der Waals surface area contributed by atoms with E-state index in [1.165, 1.54) is 16.5 Å². The molecule has 0 aliphatic rings. The van der Waals surface area contributed by atoms with Crippen molar-refractivity contribution in [3.8, 4) is 0 Å². The SMILES string of the molecule is CCCNC(c1cc(C)c(F)cc1Cl)c1sccc1CC. The molecule has 0 aliphatic carbocycles. The molecule has 0 spiro atoms. The molecule has 0 bridgehead atoms. The number of hydrogen-bond acceptors (Lipinski definition) is 2. The largest absolute Gasteiger partial charge is 0.306 e. The third-order valence-electron chi connectivity index (χ3n) is 3.61. The van der Waals surface area contributed by atoms with E-state index < -0.39 is 0 Å². The molecule has 1 atom stereocenters. The molecule has 1 aromatic heterocycles. The van der Waals surface area contributed by atoms with Gasteiger partial charge in [-0.1, -0.05) is 25.4 Å². The highest BCUT2D eigenvalue weighted by Gasteiger charge is 2.21. The van der Waals surface area contributed by atoms with E-state index in [9.17, 15) is 4.39 Å². The van der Waals surface area contributed by atoms with Crippen LogP contribution in [0.1, 0.15) is 47.9 Å². The first kappa shape index (κ1) is 16.5. The zero-order valence-electron chi connectivity index (χ0n) is 12.7. The van der Waals surface area contributed by atoms with E-state index in [-0.39, 0.29) is 11.9 Å². The smallest absolute Gasteiger partial charge is 0.127 e. The van der Waals surface area contributed by atoms with Crippen LogP contribution in [0.2, 0.25) is 5.02 Å². The van der Waals surface area contributed by atoms with Crippen molar-refractivity contribution in [1.82, 2.24) is 5.32 Å². The maximum absolute atomic E-state index is 13.7. The lowest BCUT2D eigenvalue weighted by Gasteiger charge is -2.21. The first-order valence-corrected chi connectivity index (χ1v) is 8.59. The average molecular weight is 326 g/mol. The Hall–Kier alpha value is -0.900. The molecule has 0 fully saturated rings. The maximum atomic E-state index is 13.7. The summed E-state index contributed by atoms with van der Waals surface area (Å²) >= 11 is 8.04. The van der Waals surface area contributed by atoms with E-state index in [0.29, 0.717) is 10.6 Å². The van der Waals surface area contributed by atoms with E-state index in [1.54, 1.807) is 18.3 Å². The maximum Gasteiger partial charge on any atom is 0.127 e. The van der Waals surface area contributed by atoms with Crippen molar-refractivity contribution in [1.29, 1.82) is 0 Å². The molecule has 1 heterocycles. The monoisotopic (exact) mass is 325 g/mol. The summed E-state index contributed by atoms with van der Waals surface area (Å²) < 4.78 is 13.7. The van der Waals surface area contributed by atoms with Gasteiger partial charge in [-0.15, -0.1) is 11.3 Å². The standard InChI is InChI=1S/C17H21ClFNS/c1-4-7-20-16(17-12(5-2)6-8-21-17)13-9-11(3)15(19)10-14(13)18/h6,8-10,16,20H,4-5,7H2,1-3H3. The minimum absolute atomic E-state index is 0.0340. The van der Waals surface area contributed by atoms with Gasteiger partial charge in [-0.2, -0.15) is 0 Å². The van der Waals surface area contributed by atoms with Crippen molar-refractivity contribution in [2.24, 2.45) is 0 Å². The summed E-state index contributed by atoms with van der Waals surface area (Å²) in [4.78, 5) is 1.28. The van der Waals surface area contributed by atoms with Gasteiger partial charge in [0, 0.05) is 9.90 Å². The van der Waals surface area contributed by atoms with Gasteiger partial charge in [0.25, 0.3) is 0 Å². The summed E-state index contributed by atoms with van der Waals surface area (Å²) in [5, 5.41) is 6.15. The lowest BCUT2D eigenvalue weighted by Crippen LogP contribution is -2.23. The summed E-state index contributed by atoms with van der Waals surface area (Å²) in [6.07, 6.45) is 2.03. The molecular formula is C17H21ClFNS. The van der Waals surface area contributed by atoms with E-state index in [0.717, 1.165) is 24.9 Å². The predicted molar refractivity (Wildman–Crippen MR) is 90.0 cm³/mol. The Morgan fingerprint density at radius 1 is 1.33 bits per heavy atom. The number of rotatable bonds is 6. The Bertz CT molecular complexity index is 609. The van der Waals surface area contributed by atoms with Crippen molar-refractivity contribution in [2.75, 3.05) is 6.54 Å². The van der Waals surface area contributed by atoms with Crippen LogP contribution in [0.5, 0.6) is 0 Å². The minimum atomic E-state index is -0.250.